The molecule has 3 nitrogen and oxygen atoms in total. The molecule has 14 heavy (non-hydrogen) atoms. The number of allylic oxidation sites excluding steroid dienone is 1. The van der Waals surface area contributed by atoms with Gasteiger partial charge in [-0.2, -0.15) is 0 Å². The Bertz CT molecular complexity index is 229. The molecule has 0 saturated heterocycles. The molecule has 0 aliphatic heterocycles. The molecule has 0 aromatic carbocycles. The summed E-state index contributed by atoms with van der Waals surface area (Å²) < 4.78 is 0. The van der Waals surface area contributed by atoms with Gasteiger partial charge in [0.15, 0.2) is 0 Å². The first-order chi connectivity index (χ1) is 6.75. The normalized spacial score (nSPS) is 18.4. The van der Waals surface area contributed by atoms with Gasteiger partial charge < -0.3 is 4.90 Å². The molecule has 0 heterocycles. The van der Waals surface area contributed by atoms with E-state index in [9.17, 15) is 9.59 Å². The van der Waals surface area contributed by atoms with Crippen molar-refractivity contribution >= 4 is 12.2 Å². The highest BCUT2D eigenvalue weighted by molar-refractivity contribution is 5.90. The predicted molar refractivity (Wildman–Crippen MR) is 54.8 cm³/mol. The first kappa shape index (κ1) is 11.0. The fourth-order valence-electron chi connectivity index (χ4n) is 1.89. The maximum atomic E-state index is 11.5. The van der Waals surface area contributed by atoms with Crippen LogP contribution in [0.15, 0.2) is 12.2 Å². The van der Waals surface area contributed by atoms with Crippen LogP contribution in [0.4, 0.5) is 0 Å². The van der Waals surface area contributed by atoms with Crippen molar-refractivity contribution in [2.75, 3.05) is 7.05 Å². The van der Waals surface area contributed by atoms with Gasteiger partial charge in [0.05, 0.1) is 0 Å². The van der Waals surface area contributed by atoms with E-state index in [1.54, 1.807) is 4.90 Å². The van der Waals surface area contributed by atoms with Gasteiger partial charge >= 0.3 is 0 Å². The highest BCUT2D eigenvalue weighted by Gasteiger charge is 2.20. The summed E-state index contributed by atoms with van der Waals surface area (Å²) in [7, 11) is 1.81. The van der Waals surface area contributed by atoms with E-state index in [1.165, 1.54) is 31.4 Å². The third-order valence-corrected chi connectivity index (χ3v) is 2.79. The summed E-state index contributed by atoms with van der Waals surface area (Å²) in [6.07, 6.45) is 9.10. The van der Waals surface area contributed by atoms with E-state index in [2.05, 4.69) is 0 Å². The van der Waals surface area contributed by atoms with Crippen molar-refractivity contribution in [1.29, 1.82) is 0 Å². The van der Waals surface area contributed by atoms with E-state index in [4.69, 9.17) is 0 Å². The van der Waals surface area contributed by atoms with Crippen LogP contribution in [0.1, 0.15) is 32.1 Å². The molecule has 1 aliphatic carbocycles. The number of rotatable bonds is 3. The minimum absolute atomic E-state index is 0.0657. The van der Waals surface area contributed by atoms with Crippen LogP contribution >= 0.6 is 0 Å². The van der Waals surface area contributed by atoms with Gasteiger partial charge in [0.25, 0.3) is 0 Å². The lowest BCUT2D eigenvalue weighted by atomic mass is 9.94. The smallest absolute Gasteiger partial charge is 0.246 e. The zero-order valence-corrected chi connectivity index (χ0v) is 8.61. The van der Waals surface area contributed by atoms with Gasteiger partial charge in [0, 0.05) is 19.2 Å². The maximum Gasteiger partial charge on any atom is 0.246 e. The molecule has 3 heteroatoms. The number of hydrogen-bond acceptors (Lipinski definition) is 2. The third-order valence-electron chi connectivity index (χ3n) is 2.79. The van der Waals surface area contributed by atoms with Crippen LogP contribution in [0.2, 0.25) is 0 Å². The Hall–Kier alpha value is -1.12. The van der Waals surface area contributed by atoms with Crippen molar-refractivity contribution < 1.29 is 9.59 Å². The lowest BCUT2D eigenvalue weighted by molar-refractivity contribution is -0.127. The van der Waals surface area contributed by atoms with E-state index in [1.807, 2.05) is 7.05 Å². The number of carbonyl (C=O) groups is 2. The van der Waals surface area contributed by atoms with Crippen LogP contribution in [0.5, 0.6) is 0 Å². The molecule has 0 bridgehead atoms. The second kappa shape index (κ2) is 5.58. The Morgan fingerprint density at radius 1 is 1.29 bits per heavy atom. The number of aldehydes is 1. The lowest BCUT2D eigenvalue weighted by Gasteiger charge is -2.30. The Kier molecular flexibility index (Phi) is 4.36. The predicted octanol–water partition coefficient (Wildman–Crippen LogP) is 1.53. The summed E-state index contributed by atoms with van der Waals surface area (Å²) in [5.41, 5.74) is 0. The quantitative estimate of drug-likeness (QED) is 0.506. The third kappa shape index (κ3) is 2.98. The van der Waals surface area contributed by atoms with Crippen LogP contribution in [-0.4, -0.2) is 30.2 Å². The van der Waals surface area contributed by atoms with Gasteiger partial charge in [-0.15, -0.1) is 0 Å². The number of amides is 1. The highest BCUT2D eigenvalue weighted by atomic mass is 16.2. The number of carbonyl (C=O) groups excluding carboxylic acids is 2. The monoisotopic (exact) mass is 195 g/mol. The molecular weight excluding hydrogens is 178 g/mol. The molecule has 1 rings (SSSR count). The molecule has 0 atom stereocenters. The molecule has 0 spiro atoms. The van der Waals surface area contributed by atoms with Crippen LogP contribution in [0.3, 0.4) is 0 Å². The first-order valence-electron chi connectivity index (χ1n) is 5.14. The zero-order chi connectivity index (χ0) is 10.4. The van der Waals surface area contributed by atoms with Crippen molar-refractivity contribution in [3.05, 3.63) is 12.2 Å². The van der Waals surface area contributed by atoms with Crippen molar-refractivity contribution in [2.24, 2.45) is 0 Å². The Balaban J connectivity index is 2.45. The molecule has 0 unspecified atom stereocenters. The molecular formula is C11H17NO2. The summed E-state index contributed by atoms with van der Waals surface area (Å²) in [5.74, 6) is -0.0657. The van der Waals surface area contributed by atoms with E-state index in [0.717, 1.165) is 12.8 Å². The largest absolute Gasteiger partial charge is 0.339 e. The van der Waals surface area contributed by atoms with Crippen molar-refractivity contribution in [3.8, 4) is 0 Å². The standard InChI is InChI=1S/C11H17NO2/c1-12(11(14)8-5-9-13)10-6-3-2-4-7-10/h5,8-10H,2-4,6-7H2,1H3/b8-5-. The average Bonchev–Trinajstić information content (AvgIpc) is 2.26. The number of nitrogens with zero attached hydrogens (tertiary/aromatic N) is 1. The number of hydrogen-bond donors (Lipinski definition) is 0. The maximum absolute atomic E-state index is 11.5. The van der Waals surface area contributed by atoms with E-state index in [-0.39, 0.29) is 5.91 Å². The van der Waals surface area contributed by atoms with E-state index < -0.39 is 0 Å². The summed E-state index contributed by atoms with van der Waals surface area (Å²) >= 11 is 0. The molecule has 0 N–H and O–H groups in total. The summed E-state index contributed by atoms with van der Waals surface area (Å²) in [4.78, 5) is 23.3. The second-order valence-corrected chi connectivity index (χ2v) is 3.74. The molecule has 0 aromatic rings. The zero-order valence-electron chi connectivity index (χ0n) is 8.61. The molecule has 1 saturated carbocycles. The highest BCUT2D eigenvalue weighted by Crippen LogP contribution is 2.21. The topological polar surface area (TPSA) is 37.4 Å². The summed E-state index contributed by atoms with van der Waals surface area (Å²) in [5, 5.41) is 0. The Morgan fingerprint density at radius 3 is 2.50 bits per heavy atom. The first-order valence-corrected chi connectivity index (χ1v) is 5.14. The fourth-order valence-corrected chi connectivity index (χ4v) is 1.89. The van der Waals surface area contributed by atoms with E-state index in [0.29, 0.717) is 12.3 Å². The Labute approximate surface area is 84.8 Å². The van der Waals surface area contributed by atoms with Crippen molar-refractivity contribution in [2.45, 2.75) is 38.1 Å². The second-order valence-electron chi connectivity index (χ2n) is 3.74. The SMILES string of the molecule is CN(C(=O)/C=C\C=O)C1CCCCC1. The average molecular weight is 195 g/mol. The van der Waals surface area contributed by atoms with Crippen LogP contribution in [0.25, 0.3) is 0 Å². The van der Waals surface area contributed by atoms with Gasteiger partial charge in [-0.1, -0.05) is 19.3 Å². The Morgan fingerprint density at radius 2 is 1.93 bits per heavy atom. The van der Waals surface area contributed by atoms with Gasteiger partial charge in [-0.05, 0) is 18.9 Å². The minimum atomic E-state index is -0.0657. The molecule has 1 amide bonds. The minimum Gasteiger partial charge on any atom is -0.339 e. The molecule has 1 aliphatic rings. The molecule has 1 fully saturated rings. The van der Waals surface area contributed by atoms with Crippen LogP contribution in [-0.2, 0) is 9.59 Å². The van der Waals surface area contributed by atoms with Gasteiger partial charge in [-0.25, -0.2) is 0 Å². The summed E-state index contributed by atoms with van der Waals surface area (Å²) in [6.45, 7) is 0. The van der Waals surface area contributed by atoms with Crippen molar-refractivity contribution in [1.82, 2.24) is 4.90 Å². The van der Waals surface area contributed by atoms with Gasteiger partial charge in [-0.3, -0.25) is 9.59 Å². The van der Waals surface area contributed by atoms with Crippen molar-refractivity contribution in [3.63, 3.8) is 0 Å². The molecule has 0 radical (unpaired) electrons. The van der Waals surface area contributed by atoms with E-state index >= 15 is 0 Å². The van der Waals surface area contributed by atoms with Gasteiger partial charge in [0.2, 0.25) is 5.91 Å². The van der Waals surface area contributed by atoms with Crippen LogP contribution in [0, 0.1) is 0 Å². The van der Waals surface area contributed by atoms with Crippen LogP contribution < -0.4 is 0 Å². The summed E-state index contributed by atoms with van der Waals surface area (Å²) in [6, 6.07) is 0.368. The number of likely N-dealkylation sites (N-methyl/N-ethyl adjacent to an activating group) is 1. The van der Waals surface area contributed by atoms with Gasteiger partial charge in [0.1, 0.15) is 6.29 Å². The lowest BCUT2D eigenvalue weighted by Crippen LogP contribution is -2.37. The molecule has 0 aromatic heterocycles. The fraction of sp³-hybridized carbons (Fsp3) is 0.636. The molecule has 78 valence electrons.